The lowest BCUT2D eigenvalue weighted by Gasteiger charge is -2.29. The maximum Gasteiger partial charge on any atom is 0.0898 e. The first-order chi connectivity index (χ1) is 9.15. The number of likely N-dealkylation sites (tertiary alicyclic amines) is 1. The van der Waals surface area contributed by atoms with Gasteiger partial charge >= 0.3 is 0 Å². The fourth-order valence-electron chi connectivity index (χ4n) is 2.71. The van der Waals surface area contributed by atoms with Crippen molar-refractivity contribution >= 4 is 11.3 Å². The van der Waals surface area contributed by atoms with Crippen molar-refractivity contribution in [3.63, 3.8) is 0 Å². The van der Waals surface area contributed by atoms with Gasteiger partial charge in [-0.3, -0.25) is 0 Å². The van der Waals surface area contributed by atoms with E-state index in [0.717, 1.165) is 11.6 Å². The van der Waals surface area contributed by atoms with Crippen LogP contribution in [-0.4, -0.2) is 36.1 Å². The summed E-state index contributed by atoms with van der Waals surface area (Å²) in [5.74, 6) is 0.709. The Morgan fingerprint density at radius 2 is 2.05 bits per heavy atom. The van der Waals surface area contributed by atoms with E-state index in [1.54, 1.807) is 11.3 Å². The highest BCUT2D eigenvalue weighted by Gasteiger charge is 2.15. The highest BCUT2D eigenvalue weighted by molar-refractivity contribution is 7.09. The first-order valence-electron chi connectivity index (χ1n) is 7.53. The highest BCUT2D eigenvalue weighted by Crippen LogP contribution is 2.16. The minimum absolute atomic E-state index is 0.369. The summed E-state index contributed by atoms with van der Waals surface area (Å²) in [5, 5.41) is 6.95. The molecule has 2 heterocycles. The molecule has 0 amide bonds. The van der Waals surface area contributed by atoms with Gasteiger partial charge < -0.3 is 10.2 Å². The summed E-state index contributed by atoms with van der Waals surface area (Å²) in [7, 11) is 0. The summed E-state index contributed by atoms with van der Waals surface area (Å²) in [6.07, 6.45) is 4.19. The minimum Gasteiger partial charge on any atom is -0.309 e. The molecule has 0 spiro atoms. The van der Waals surface area contributed by atoms with Gasteiger partial charge in [0.1, 0.15) is 0 Å². The van der Waals surface area contributed by atoms with Gasteiger partial charge in [-0.2, -0.15) is 0 Å². The number of nitrogens with zero attached hydrogens (tertiary/aromatic N) is 2. The summed E-state index contributed by atoms with van der Waals surface area (Å²) in [6.45, 7) is 11.5. The Morgan fingerprint density at radius 1 is 1.32 bits per heavy atom. The lowest BCUT2D eigenvalue weighted by Crippen LogP contribution is -2.37. The Morgan fingerprint density at radius 3 is 2.68 bits per heavy atom. The third-order valence-electron chi connectivity index (χ3n) is 3.87. The van der Waals surface area contributed by atoms with Crippen LogP contribution in [0, 0.1) is 12.8 Å². The molecule has 0 saturated carbocycles. The Hall–Kier alpha value is -0.450. The number of aromatic nitrogens is 1. The minimum atomic E-state index is 0.369. The average molecular weight is 281 g/mol. The van der Waals surface area contributed by atoms with Crippen LogP contribution in [0.3, 0.4) is 0 Å². The van der Waals surface area contributed by atoms with E-state index in [2.05, 4.69) is 41.4 Å². The molecule has 2 rings (SSSR count). The molecule has 0 aromatic carbocycles. The molecule has 4 heteroatoms. The van der Waals surface area contributed by atoms with Gasteiger partial charge in [-0.05, 0) is 52.2 Å². The largest absolute Gasteiger partial charge is 0.309 e. The number of hydrogen-bond donors (Lipinski definition) is 1. The van der Waals surface area contributed by atoms with E-state index in [1.807, 2.05) is 0 Å². The van der Waals surface area contributed by atoms with Gasteiger partial charge in [0.15, 0.2) is 0 Å². The molecule has 1 aromatic rings. The highest BCUT2D eigenvalue weighted by atomic mass is 32.1. The maximum absolute atomic E-state index is 4.55. The number of nitrogens with one attached hydrogen (secondary N) is 1. The predicted octanol–water partition coefficient (Wildman–Crippen LogP) is 3.22. The van der Waals surface area contributed by atoms with Crippen LogP contribution in [0.2, 0.25) is 0 Å². The number of rotatable bonds is 6. The third-order valence-corrected chi connectivity index (χ3v) is 4.66. The molecule has 0 bridgehead atoms. The van der Waals surface area contributed by atoms with E-state index in [-0.39, 0.29) is 0 Å². The summed E-state index contributed by atoms with van der Waals surface area (Å²) in [4.78, 5) is 7.17. The predicted molar refractivity (Wildman–Crippen MR) is 82.7 cm³/mol. The van der Waals surface area contributed by atoms with Crippen LogP contribution < -0.4 is 5.32 Å². The Balaban J connectivity index is 1.69. The average Bonchev–Trinajstić information content (AvgIpc) is 2.84. The Bertz CT molecular complexity index is 371. The van der Waals surface area contributed by atoms with Gasteiger partial charge in [-0.1, -0.05) is 13.3 Å². The van der Waals surface area contributed by atoms with Gasteiger partial charge in [-0.25, -0.2) is 4.98 Å². The SMILES string of the molecule is Cc1nc(C(C)NCC(C)CN2CCCCC2)cs1. The second kappa shape index (κ2) is 7.36. The normalized spacial score (nSPS) is 20.4. The van der Waals surface area contributed by atoms with Crippen LogP contribution >= 0.6 is 11.3 Å². The van der Waals surface area contributed by atoms with E-state index in [9.17, 15) is 0 Å². The molecular weight excluding hydrogens is 254 g/mol. The summed E-state index contributed by atoms with van der Waals surface area (Å²) < 4.78 is 0. The molecule has 0 aliphatic carbocycles. The van der Waals surface area contributed by atoms with Crippen LogP contribution in [0.4, 0.5) is 0 Å². The van der Waals surface area contributed by atoms with Gasteiger partial charge in [0.2, 0.25) is 0 Å². The van der Waals surface area contributed by atoms with Crippen molar-refractivity contribution in [3.05, 3.63) is 16.1 Å². The van der Waals surface area contributed by atoms with E-state index < -0.39 is 0 Å². The molecule has 19 heavy (non-hydrogen) atoms. The van der Waals surface area contributed by atoms with Crippen LogP contribution in [0.25, 0.3) is 0 Å². The fourth-order valence-corrected chi connectivity index (χ4v) is 3.42. The molecule has 1 aliphatic heterocycles. The molecule has 108 valence electrons. The zero-order valence-corrected chi connectivity index (χ0v) is 13.3. The van der Waals surface area contributed by atoms with Crippen LogP contribution in [0.15, 0.2) is 5.38 Å². The van der Waals surface area contributed by atoms with Crippen molar-refractivity contribution in [2.45, 2.75) is 46.1 Å². The Kier molecular flexibility index (Phi) is 5.79. The fraction of sp³-hybridized carbons (Fsp3) is 0.800. The molecule has 0 radical (unpaired) electrons. The molecule has 1 aliphatic rings. The van der Waals surface area contributed by atoms with Crippen molar-refractivity contribution in [2.24, 2.45) is 5.92 Å². The maximum atomic E-state index is 4.55. The molecular formula is C15H27N3S. The molecule has 2 unspecified atom stereocenters. The Labute approximate surface area is 121 Å². The third kappa shape index (κ3) is 4.86. The zero-order valence-electron chi connectivity index (χ0n) is 12.5. The van der Waals surface area contributed by atoms with Crippen molar-refractivity contribution in [2.75, 3.05) is 26.2 Å². The van der Waals surface area contributed by atoms with E-state index in [4.69, 9.17) is 0 Å². The van der Waals surface area contributed by atoms with Crippen molar-refractivity contribution in [1.82, 2.24) is 15.2 Å². The molecule has 2 atom stereocenters. The molecule has 1 N–H and O–H groups in total. The summed E-state index contributed by atoms with van der Waals surface area (Å²) >= 11 is 1.74. The second-order valence-corrected chi connectivity index (χ2v) is 6.95. The number of thiazole rings is 1. The number of hydrogen-bond acceptors (Lipinski definition) is 4. The first kappa shape index (κ1) is 14.9. The quantitative estimate of drug-likeness (QED) is 0.868. The van der Waals surface area contributed by atoms with Crippen LogP contribution in [0.5, 0.6) is 0 Å². The summed E-state index contributed by atoms with van der Waals surface area (Å²) in [5.41, 5.74) is 1.19. The van der Waals surface area contributed by atoms with Crippen molar-refractivity contribution in [3.8, 4) is 0 Å². The second-order valence-electron chi connectivity index (χ2n) is 5.89. The van der Waals surface area contributed by atoms with Gasteiger partial charge in [0.25, 0.3) is 0 Å². The van der Waals surface area contributed by atoms with Gasteiger partial charge in [0.05, 0.1) is 10.7 Å². The molecule has 1 saturated heterocycles. The van der Waals surface area contributed by atoms with E-state index in [0.29, 0.717) is 12.0 Å². The molecule has 1 aromatic heterocycles. The van der Waals surface area contributed by atoms with E-state index >= 15 is 0 Å². The lowest BCUT2D eigenvalue weighted by atomic mass is 10.1. The van der Waals surface area contributed by atoms with Crippen LogP contribution in [-0.2, 0) is 0 Å². The zero-order chi connectivity index (χ0) is 13.7. The monoisotopic (exact) mass is 281 g/mol. The topological polar surface area (TPSA) is 28.2 Å². The molecule has 1 fully saturated rings. The number of aryl methyl sites for hydroxylation is 1. The molecule has 3 nitrogen and oxygen atoms in total. The first-order valence-corrected chi connectivity index (χ1v) is 8.41. The van der Waals surface area contributed by atoms with Gasteiger partial charge in [-0.15, -0.1) is 11.3 Å². The smallest absolute Gasteiger partial charge is 0.0898 e. The summed E-state index contributed by atoms with van der Waals surface area (Å²) in [6, 6.07) is 0.369. The van der Waals surface area contributed by atoms with Crippen LogP contribution in [0.1, 0.15) is 49.9 Å². The van der Waals surface area contributed by atoms with Gasteiger partial charge in [0, 0.05) is 18.0 Å². The van der Waals surface area contributed by atoms with Crippen molar-refractivity contribution in [1.29, 1.82) is 0 Å². The number of piperidine rings is 1. The van der Waals surface area contributed by atoms with E-state index in [1.165, 1.54) is 44.6 Å². The van der Waals surface area contributed by atoms with Crippen molar-refractivity contribution < 1.29 is 0 Å². The standard InChI is InChI=1S/C15H27N3S/c1-12(10-18-7-5-4-6-8-18)9-16-13(2)15-11-19-14(3)17-15/h11-13,16H,4-10H2,1-3H3. The lowest BCUT2D eigenvalue weighted by molar-refractivity contribution is 0.197.